The van der Waals surface area contributed by atoms with Crippen molar-refractivity contribution in [2.45, 2.75) is 13.3 Å². The van der Waals surface area contributed by atoms with Crippen molar-refractivity contribution in [3.8, 4) is 0 Å². The lowest BCUT2D eigenvalue weighted by molar-refractivity contribution is 0.997. The Balaban J connectivity index is 2.94. The molecule has 0 unspecified atom stereocenters. The van der Waals surface area contributed by atoms with Crippen LogP contribution in [0.15, 0.2) is 47.9 Å². The van der Waals surface area contributed by atoms with Gasteiger partial charge in [0.05, 0.1) is 5.70 Å². The number of anilines is 1. The molecule has 0 N–H and O–H groups in total. The van der Waals surface area contributed by atoms with E-state index in [4.69, 9.17) is 0 Å². The van der Waals surface area contributed by atoms with E-state index in [2.05, 4.69) is 52.9 Å². The molecule has 1 rings (SSSR count). The Bertz CT molecular complexity index is 412. The Hall–Kier alpha value is -1.17. The molecule has 0 atom stereocenters. The minimum atomic E-state index is 0.729. The average Bonchev–Trinajstić information content (AvgIpc) is 2.27. The zero-order valence-corrected chi connectivity index (χ0v) is 11.4. The minimum absolute atomic E-state index is 0.729. The standard InChI is InChI=1S/C12H14IN3/c1-4-5-6-10(2)16(14-3)12-9-11(13)7-8-15-12/h5-9H,2-4H2,1H3/b6-5-. The zero-order valence-electron chi connectivity index (χ0n) is 9.23. The van der Waals surface area contributed by atoms with Gasteiger partial charge in [0.2, 0.25) is 0 Å². The van der Waals surface area contributed by atoms with Gasteiger partial charge in [-0.2, -0.15) is 5.10 Å². The van der Waals surface area contributed by atoms with Crippen LogP contribution in [-0.2, 0) is 0 Å². The number of allylic oxidation sites excluding steroid dienone is 2. The molecule has 0 spiro atoms. The van der Waals surface area contributed by atoms with Gasteiger partial charge >= 0.3 is 0 Å². The molecule has 84 valence electrons. The molecule has 0 aromatic carbocycles. The minimum Gasteiger partial charge on any atom is -0.237 e. The number of rotatable bonds is 5. The maximum absolute atomic E-state index is 4.23. The Morgan fingerprint density at radius 1 is 1.69 bits per heavy atom. The number of nitrogens with zero attached hydrogens (tertiary/aromatic N) is 3. The first-order chi connectivity index (χ1) is 7.69. The fourth-order valence-corrected chi connectivity index (χ4v) is 1.58. The van der Waals surface area contributed by atoms with Crippen LogP contribution in [0.25, 0.3) is 0 Å². The van der Waals surface area contributed by atoms with E-state index in [1.54, 1.807) is 11.2 Å². The third kappa shape index (κ3) is 3.44. The third-order valence-electron chi connectivity index (χ3n) is 1.88. The monoisotopic (exact) mass is 327 g/mol. The summed E-state index contributed by atoms with van der Waals surface area (Å²) in [5.74, 6) is 0.729. The van der Waals surface area contributed by atoms with E-state index < -0.39 is 0 Å². The van der Waals surface area contributed by atoms with Gasteiger partial charge in [-0.15, -0.1) is 0 Å². The largest absolute Gasteiger partial charge is 0.237 e. The lowest BCUT2D eigenvalue weighted by Gasteiger charge is -2.17. The normalized spacial score (nSPS) is 10.4. The van der Waals surface area contributed by atoms with Crippen LogP contribution in [0.3, 0.4) is 0 Å². The lowest BCUT2D eigenvalue weighted by atomic mass is 10.3. The topological polar surface area (TPSA) is 28.5 Å². The quantitative estimate of drug-likeness (QED) is 0.358. The van der Waals surface area contributed by atoms with E-state index in [-0.39, 0.29) is 0 Å². The summed E-state index contributed by atoms with van der Waals surface area (Å²) in [6.07, 6.45) is 6.64. The van der Waals surface area contributed by atoms with Gasteiger partial charge in [0.25, 0.3) is 0 Å². The van der Waals surface area contributed by atoms with Crippen molar-refractivity contribution in [2.24, 2.45) is 5.10 Å². The highest BCUT2D eigenvalue weighted by Crippen LogP contribution is 2.18. The van der Waals surface area contributed by atoms with Crippen LogP contribution in [0.2, 0.25) is 0 Å². The number of halogens is 1. The van der Waals surface area contributed by atoms with Gasteiger partial charge in [-0.25, -0.2) is 9.99 Å². The number of hydrazone groups is 1. The van der Waals surface area contributed by atoms with Crippen LogP contribution in [0, 0.1) is 3.57 Å². The van der Waals surface area contributed by atoms with Crippen molar-refractivity contribution in [3.63, 3.8) is 0 Å². The molecule has 3 nitrogen and oxygen atoms in total. The fourth-order valence-electron chi connectivity index (χ4n) is 1.14. The molecule has 16 heavy (non-hydrogen) atoms. The van der Waals surface area contributed by atoms with Crippen LogP contribution in [0.5, 0.6) is 0 Å². The molecule has 1 aromatic rings. The Labute approximate surface area is 110 Å². The highest BCUT2D eigenvalue weighted by molar-refractivity contribution is 14.1. The Morgan fingerprint density at radius 3 is 3.00 bits per heavy atom. The first kappa shape index (κ1) is 12.9. The summed E-state index contributed by atoms with van der Waals surface area (Å²) in [6, 6.07) is 3.86. The molecule has 0 amide bonds. The van der Waals surface area contributed by atoms with Gasteiger partial charge in [-0.3, -0.25) is 0 Å². The van der Waals surface area contributed by atoms with Gasteiger partial charge in [-0.1, -0.05) is 19.6 Å². The van der Waals surface area contributed by atoms with Crippen LogP contribution < -0.4 is 5.01 Å². The highest BCUT2D eigenvalue weighted by Gasteiger charge is 2.07. The van der Waals surface area contributed by atoms with E-state index in [1.165, 1.54) is 0 Å². The molecule has 0 saturated heterocycles. The SMILES string of the molecule is C=NN(C(=C)/C=C\CC)c1cc(I)ccn1. The molecule has 0 aliphatic carbocycles. The van der Waals surface area contributed by atoms with E-state index in [1.807, 2.05) is 24.3 Å². The smallest absolute Gasteiger partial charge is 0.154 e. The number of hydrogen-bond donors (Lipinski definition) is 0. The molecule has 0 bridgehead atoms. The van der Waals surface area contributed by atoms with Gasteiger partial charge in [0.1, 0.15) is 0 Å². The van der Waals surface area contributed by atoms with E-state index >= 15 is 0 Å². The Morgan fingerprint density at radius 2 is 2.44 bits per heavy atom. The van der Waals surface area contributed by atoms with Crippen LogP contribution in [0.4, 0.5) is 5.82 Å². The summed E-state index contributed by atoms with van der Waals surface area (Å²) in [7, 11) is 0. The molecule has 0 saturated carbocycles. The summed E-state index contributed by atoms with van der Waals surface area (Å²) in [5.41, 5.74) is 0.756. The molecule has 0 aliphatic heterocycles. The van der Waals surface area contributed by atoms with Gasteiger partial charge in [0, 0.05) is 16.5 Å². The summed E-state index contributed by atoms with van der Waals surface area (Å²) < 4.78 is 1.10. The molecular weight excluding hydrogens is 313 g/mol. The lowest BCUT2D eigenvalue weighted by Crippen LogP contribution is -2.14. The highest BCUT2D eigenvalue weighted by atomic mass is 127. The van der Waals surface area contributed by atoms with Crippen molar-refractivity contribution < 1.29 is 0 Å². The second-order valence-electron chi connectivity index (χ2n) is 3.09. The van der Waals surface area contributed by atoms with Gasteiger partial charge < -0.3 is 0 Å². The van der Waals surface area contributed by atoms with E-state index in [9.17, 15) is 0 Å². The maximum Gasteiger partial charge on any atom is 0.154 e. The number of hydrogen-bond acceptors (Lipinski definition) is 3. The third-order valence-corrected chi connectivity index (χ3v) is 2.55. The van der Waals surface area contributed by atoms with Crippen molar-refractivity contribution in [3.05, 3.63) is 46.3 Å². The number of pyridine rings is 1. The molecule has 0 radical (unpaired) electrons. The molecule has 0 fully saturated rings. The Kier molecular flexibility index (Phi) is 5.18. The average molecular weight is 327 g/mol. The molecule has 0 aliphatic rings. The van der Waals surface area contributed by atoms with Crippen molar-refractivity contribution in [1.29, 1.82) is 0 Å². The molecule has 4 heteroatoms. The number of aromatic nitrogens is 1. The maximum atomic E-state index is 4.23. The van der Waals surface area contributed by atoms with E-state index in [0.717, 1.165) is 21.5 Å². The summed E-state index contributed by atoms with van der Waals surface area (Å²) in [4.78, 5) is 4.23. The predicted molar refractivity (Wildman–Crippen MR) is 77.6 cm³/mol. The van der Waals surface area contributed by atoms with Gasteiger partial charge in [-0.05, 0) is 47.2 Å². The second kappa shape index (κ2) is 6.42. The first-order valence-electron chi connectivity index (χ1n) is 4.92. The van der Waals surface area contributed by atoms with Crippen LogP contribution in [-0.4, -0.2) is 11.7 Å². The van der Waals surface area contributed by atoms with Gasteiger partial charge in [0.15, 0.2) is 5.82 Å². The summed E-state index contributed by atoms with van der Waals surface area (Å²) >= 11 is 2.23. The van der Waals surface area contributed by atoms with Crippen molar-refractivity contribution in [2.75, 3.05) is 5.01 Å². The second-order valence-corrected chi connectivity index (χ2v) is 4.33. The first-order valence-corrected chi connectivity index (χ1v) is 6.00. The fraction of sp³-hybridized carbons (Fsp3) is 0.167. The van der Waals surface area contributed by atoms with Crippen molar-refractivity contribution >= 4 is 35.1 Å². The van der Waals surface area contributed by atoms with Crippen LogP contribution in [0.1, 0.15) is 13.3 Å². The zero-order chi connectivity index (χ0) is 12.0. The molecule has 1 aromatic heterocycles. The predicted octanol–water partition coefficient (Wildman–Crippen LogP) is 3.59. The van der Waals surface area contributed by atoms with Crippen LogP contribution >= 0.6 is 22.6 Å². The molecular formula is C12H14IN3. The molecule has 1 heterocycles. The summed E-state index contributed by atoms with van der Waals surface area (Å²) in [6.45, 7) is 9.54. The van der Waals surface area contributed by atoms with Crippen molar-refractivity contribution in [1.82, 2.24) is 4.98 Å². The van der Waals surface area contributed by atoms with E-state index in [0.29, 0.717) is 0 Å². The summed E-state index contributed by atoms with van der Waals surface area (Å²) in [5, 5.41) is 5.54.